The Bertz CT molecular complexity index is 389. The monoisotopic (exact) mass is 309 g/mol. The van der Waals surface area contributed by atoms with Gasteiger partial charge in [-0.3, -0.25) is 0 Å². The van der Waals surface area contributed by atoms with Crippen molar-refractivity contribution in [2.24, 2.45) is 0 Å². The van der Waals surface area contributed by atoms with Gasteiger partial charge in [0.1, 0.15) is 0 Å². The van der Waals surface area contributed by atoms with Crippen molar-refractivity contribution >= 4 is 11.6 Å². The van der Waals surface area contributed by atoms with Gasteiger partial charge in [-0.05, 0) is 43.7 Å². The van der Waals surface area contributed by atoms with Crippen molar-refractivity contribution in [2.45, 2.75) is 77.7 Å². The molecule has 0 aliphatic carbocycles. The summed E-state index contributed by atoms with van der Waals surface area (Å²) < 4.78 is 0. The van der Waals surface area contributed by atoms with E-state index in [1.807, 2.05) is 6.07 Å². The van der Waals surface area contributed by atoms with Crippen molar-refractivity contribution < 1.29 is 0 Å². The van der Waals surface area contributed by atoms with Crippen LogP contribution >= 0.6 is 11.6 Å². The smallest absolute Gasteiger partial charge is 0.0408 e. The molecule has 0 radical (unpaired) electrons. The van der Waals surface area contributed by atoms with Crippen molar-refractivity contribution in [3.05, 3.63) is 34.3 Å². The van der Waals surface area contributed by atoms with E-state index in [2.05, 4.69) is 38.3 Å². The van der Waals surface area contributed by atoms with Gasteiger partial charge < -0.3 is 5.32 Å². The first-order valence-electron chi connectivity index (χ1n) is 8.62. The minimum atomic E-state index is 0.461. The zero-order valence-electron chi connectivity index (χ0n) is 14.1. The number of rotatable bonds is 11. The van der Waals surface area contributed by atoms with Gasteiger partial charge in [-0.1, -0.05) is 76.0 Å². The number of nitrogens with one attached hydrogen (secondary N) is 1. The number of benzene rings is 1. The normalized spacial score (nSPS) is 12.6. The van der Waals surface area contributed by atoms with Crippen LogP contribution in [-0.4, -0.2) is 7.05 Å². The van der Waals surface area contributed by atoms with E-state index in [1.165, 1.54) is 68.9 Å². The Labute approximate surface area is 136 Å². The summed E-state index contributed by atoms with van der Waals surface area (Å²) in [6.45, 7) is 4.43. The van der Waals surface area contributed by atoms with Gasteiger partial charge in [0.05, 0.1) is 0 Å². The molecule has 1 nitrogen and oxygen atoms in total. The molecular weight excluding hydrogens is 278 g/mol. The van der Waals surface area contributed by atoms with Gasteiger partial charge in [0.25, 0.3) is 0 Å². The second-order valence-electron chi connectivity index (χ2n) is 6.11. The molecule has 0 saturated heterocycles. The van der Waals surface area contributed by atoms with E-state index in [9.17, 15) is 0 Å². The number of unbranched alkanes of at least 4 members (excludes halogenated alkanes) is 7. The first kappa shape index (κ1) is 18.5. The number of hydrogen-bond acceptors (Lipinski definition) is 1. The van der Waals surface area contributed by atoms with Crippen LogP contribution in [0.4, 0.5) is 0 Å². The Balaban J connectivity index is 2.25. The standard InChI is InChI=1S/C19H32ClN/c1-4-5-6-7-8-9-10-11-12-19(21-3)18-14-13-17(20)15-16(18)2/h13-15,19,21H,4-12H2,1-3H3. The van der Waals surface area contributed by atoms with Crippen LogP contribution in [0, 0.1) is 6.92 Å². The van der Waals surface area contributed by atoms with Crippen molar-refractivity contribution in [3.8, 4) is 0 Å². The lowest BCUT2D eigenvalue weighted by Gasteiger charge is -2.19. The highest BCUT2D eigenvalue weighted by Crippen LogP contribution is 2.25. The minimum absolute atomic E-state index is 0.461. The van der Waals surface area contributed by atoms with Gasteiger partial charge in [-0.2, -0.15) is 0 Å². The fraction of sp³-hybridized carbons (Fsp3) is 0.684. The summed E-state index contributed by atoms with van der Waals surface area (Å²) in [5.41, 5.74) is 2.69. The summed E-state index contributed by atoms with van der Waals surface area (Å²) in [7, 11) is 2.06. The van der Waals surface area contributed by atoms with Crippen LogP contribution in [0.25, 0.3) is 0 Å². The highest BCUT2D eigenvalue weighted by atomic mass is 35.5. The van der Waals surface area contributed by atoms with E-state index >= 15 is 0 Å². The average Bonchev–Trinajstić information content (AvgIpc) is 2.47. The Morgan fingerprint density at radius 2 is 1.62 bits per heavy atom. The van der Waals surface area contributed by atoms with Gasteiger partial charge in [0.2, 0.25) is 0 Å². The third-order valence-electron chi connectivity index (χ3n) is 4.30. The molecule has 1 aromatic rings. The zero-order chi connectivity index (χ0) is 15.5. The van der Waals surface area contributed by atoms with Gasteiger partial charge in [-0.15, -0.1) is 0 Å². The molecule has 0 saturated carbocycles. The topological polar surface area (TPSA) is 12.0 Å². The predicted octanol–water partition coefficient (Wildman–Crippen LogP) is 6.44. The molecule has 120 valence electrons. The van der Waals surface area contributed by atoms with Crippen LogP contribution in [0.3, 0.4) is 0 Å². The van der Waals surface area contributed by atoms with Crippen molar-refractivity contribution in [2.75, 3.05) is 7.05 Å². The Hall–Kier alpha value is -0.530. The van der Waals surface area contributed by atoms with E-state index in [0.717, 1.165) is 5.02 Å². The molecule has 2 heteroatoms. The molecule has 1 unspecified atom stereocenters. The maximum Gasteiger partial charge on any atom is 0.0408 e. The van der Waals surface area contributed by atoms with Gasteiger partial charge in [-0.25, -0.2) is 0 Å². The van der Waals surface area contributed by atoms with Crippen molar-refractivity contribution in [1.82, 2.24) is 5.32 Å². The molecule has 21 heavy (non-hydrogen) atoms. The molecule has 0 bridgehead atoms. The highest BCUT2D eigenvalue weighted by Gasteiger charge is 2.11. The summed E-state index contributed by atoms with van der Waals surface area (Å²) in [6, 6.07) is 6.70. The summed E-state index contributed by atoms with van der Waals surface area (Å²) in [5, 5.41) is 4.29. The van der Waals surface area contributed by atoms with Gasteiger partial charge in [0, 0.05) is 11.1 Å². The molecular formula is C19H32ClN. The fourth-order valence-corrected chi connectivity index (χ4v) is 3.19. The second-order valence-corrected chi connectivity index (χ2v) is 6.54. The van der Waals surface area contributed by atoms with Gasteiger partial charge >= 0.3 is 0 Å². The first-order chi connectivity index (χ1) is 10.2. The lowest BCUT2D eigenvalue weighted by Crippen LogP contribution is -2.17. The van der Waals surface area contributed by atoms with Gasteiger partial charge in [0.15, 0.2) is 0 Å². The summed E-state index contributed by atoms with van der Waals surface area (Å²) in [6.07, 6.45) is 12.2. The lowest BCUT2D eigenvalue weighted by atomic mass is 9.96. The zero-order valence-corrected chi connectivity index (χ0v) is 14.8. The highest BCUT2D eigenvalue weighted by molar-refractivity contribution is 6.30. The SMILES string of the molecule is CCCCCCCCCCC(NC)c1ccc(Cl)cc1C. The minimum Gasteiger partial charge on any atom is -0.313 e. The van der Waals surface area contributed by atoms with Crippen LogP contribution in [0.2, 0.25) is 5.02 Å². The van der Waals surface area contributed by atoms with E-state index in [1.54, 1.807) is 0 Å². The molecule has 1 aromatic carbocycles. The van der Waals surface area contributed by atoms with Crippen LogP contribution < -0.4 is 5.32 Å². The molecule has 0 aliphatic rings. The average molecular weight is 310 g/mol. The van der Waals surface area contributed by atoms with Crippen molar-refractivity contribution in [1.29, 1.82) is 0 Å². The fourth-order valence-electron chi connectivity index (χ4n) is 2.97. The van der Waals surface area contributed by atoms with E-state index in [4.69, 9.17) is 11.6 Å². The molecule has 0 spiro atoms. The molecule has 0 amide bonds. The maximum atomic E-state index is 6.04. The second kappa shape index (κ2) is 11.1. The Morgan fingerprint density at radius 3 is 2.19 bits per heavy atom. The van der Waals surface area contributed by atoms with Crippen LogP contribution in [0.15, 0.2) is 18.2 Å². The predicted molar refractivity (Wildman–Crippen MR) is 95.2 cm³/mol. The summed E-state index contributed by atoms with van der Waals surface area (Å²) in [4.78, 5) is 0. The number of aryl methyl sites for hydroxylation is 1. The molecule has 1 N–H and O–H groups in total. The maximum absolute atomic E-state index is 6.04. The third-order valence-corrected chi connectivity index (χ3v) is 4.54. The van der Waals surface area contributed by atoms with E-state index in [0.29, 0.717) is 6.04 Å². The lowest BCUT2D eigenvalue weighted by molar-refractivity contribution is 0.493. The quantitative estimate of drug-likeness (QED) is 0.464. The first-order valence-corrected chi connectivity index (χ1v) is 9.00. The number of hydrogen-bond donors (Lipinski definition) is 1. The Morgan fingerprint density at radius 1 is 1.00 bits per heavy atom. The summed E-state index contributed by atoms with van der Waals surface area (Å²) >= 11 is 6.04. The Kier molecular flexibility index (Phi) is 9.78. The molecule has 0 aromatic heterocycles. The molecule has 0 fully saturated rings. The van der Waals surface area contributed by atoms with Crippen LogP contribution in [-0.2, 0) is 0 Å². The van der Waals surface area contributed by atoms with Crippen LogP contribution in [0.5, 0.6) is 0 Å². The largest absolute Gasteiger partial charge is 0.313 e. The number of halogens is 1. The van der Waals surface area contributed by atoms with Crippen molar-refractivity contribution in [3.63, 3.8) is 0 Å². The van der Waals surface area contributed by atoms with Crippen LogP contribution in [0.1, 0.15) is 81.9 Å². The molecule has 1 atom stereocenters. The van der Waals surface area contributed by atoms with E-state index in [-0.39, 0.29) is 0 Å². The molecule has 0 heterocycles. The molecule has 1 rings (SSSR count). The van der Waals surface area contributed by atoms with E-state index < -0.39 is 0 Å². The molecule has 0 aliphatic heterocycles. The summed E-state index contributed by atoms with van der Waals surface area (Å²) in [5.74, 6) is 0. The third kappa shape index (κ3) is 7.33.